The van der Waals surface area contributed by atoms with Crippen LogP contribution >= 0.6 is 0 Å². The van der Waals surface area contributed by atoms with Gasteiger partial charge in [-0.3, -0.25) is 14.7 Å². The second-order valence-corrected chi connectivity index (χ2v) is 10.9. The number of ether oxygens (including phenoxy) is 1. The smallest absolute Gasteiger partial charge is 0.411 e. The molecule has 1 aromatic heterocycles. The number of carbonyl (C=O) groups is 3. The summed E-state index contributed by atoms with van der Waals surface area (Å²) in [7, 11) is 3.57. The van der Waals surface area contributed by atoms with Gasteiger partial charge in [0.15, 0.2) is 0 Å². The lowest BCUT2D eigenvalue weighted by molar-refractivity contribution is 0.0230. The highest BCUT2D eigenvalue weighted by atomic mass is 16.6. The number of likely N-dealkylation sites (tertiary alicyclic amines) is 1. The highest BCUT2D eigenvalue weighted by molar-refractivity contribution is 5.99. The Bertz CT molecular complexity index is 1180. The van der Waals surface area contributed by atoms with Crippen LogP contribution in [0.15, 0.2) is 29.6 Å². The van der Waals surface area contributed by atoms with E-state index in [2.05, 4.69) is 0 Å². The van der Waals surface area contributed by atoms with Crippen LogP contribution in [0, 0.1) is 0 Å². The average Bonchev–Trinajstić information content (AvgIpc) is 3.38. The number of amides is 3. The van der Waals surface area contributed by atoms with E-state index in [1.807, 2.05) is 52.6 Å². The van der Waals surface area contributed by atoms with Gasteiger partial charge in [-0.1, -0.05) is 6.08 Å². The Morgan fingerprint density at radius 1 is 1.24 bits per heavy atom. The van der Waals surface area contributed by atoms with E-state index in [-0.39, 0.29) is 25.0 Å². The molecule has 0 bridgehead atoms. The number of anilines is 1. The number of hydrogen-bond donors (Lipinski definition) is 1. The summed E-state index contributed by atoms with van der Waals surface area (Å²) in [5, 5.41) is 12.9. The lowest BCUT2D eigenvalue weighted by Gasteiger charge is -2.33. The van der Waals surface area contributed by atoms with Crippen molar-refractivity contribution < 1.29 is 24.2 Å². The molecule has 0 radical (unpaired) electrons. The van der Waals surface area contributed by atoms with Gasteiger partial charge in [-0.2, -0.15) is 0 Å². The van der Waals surface area contributed by atoms with Gasteiger partial charge in [0, 0.05) is 38.4 Å². The number of rotatable bonds is 5. The molecule has 11 nitrogen and oxygen atoms in total. The molecule has 1 fully saturated rings. The van der Waals surface area contributed by atoms with Crippen LogP contribution in [-0.2, 0) is 17.8 Å². The van der Waals surface area contributed by atoms with Crippen molar-refractivity contribution in [2.45, 2.75) is 65.8 Å². The third-order valence-electron chi connectivity index (χ3n) is 6.76. The maximum atomic E-state index is 13.7. The molecule has 37 heavy (non-hydrogen) atoms. The molecule has 3 aliphatic rings. The largest absolute Gasteiger partial charge is 0.465 e. The first-order valence-electron chi connectivity index (χ1n) is 12.5. The van der Waals surface area contributed by atoms with E-state index in [1.165, 1.54) is 9.80 Å². The Morgan fingerprint density at radius 2 is 1.95 bits per heavy atom. The minimum absolute atomic E-state index is 0.148. The van der Waals surface area contributed by atoms with E-state index < -0.39 is 17.8 Å². The topological polar surface area (TPSA) is 110 Å². The Kier molecular flexibility index (Phi) is 6.83. The molecule has 200 valence electrons. The second kappa shape index (κ2) is 9.60. The number of carboxylic acid groups (broad SMARTS) is 1. The molecular weight excluding hydrogens is 476 g/mol. The van der Waals surface area contributed by atoms with Crippen molar-refractivity contribution in [3.8, 4) is 0 Å². The lowest BCUT2D eigenvalue weighted by atomic mass is 10.1. The summed E-state index contributed by atoms with van der Waals surface area (Å²) in [6.07, 6.45) is 2.89. The van der Waals surface area contributed by atoms with Gasteiger partial charge in [-0.05, 0) is 52.7 Å². The summed E-state index contributed by atoms with van der Waals surface area (Å²) in [5.74, 6) is 0.453. The first-order chi connectivity index (χ1) is 17.3. The van der Waals surface area contributed by atoms with Crippen LogP contribution < -0.4 is 4.90 Å². The number of allylic oxidation sites excluding steroid dienone is 1. The molecule has 0 saturated carbocycles. The summed E-state index contributed by atoms with van der Waals surface area (Å²) in [6.45, 7) is 10.8. The Morgan fingerprint density at radius 3 is 2.57 bits per heavy atom. The quantitative estimate of drug-likeness (QED) is 0.637. The number of carbonyl (C=O) groups excluding carboxylic acids is 2. The number of fused-ring (bicyclic) bond motifs is 2. The maximum absolute atomic E-state index is 13.7. The number of nitrogens with zero attached hydrogens (tertiary/aromatic N) is 6. The van der Waals surface area contributed by atoms with Crippen LogP contribution in [0.2, 0.25) is 0 Å². The summed E-state index contributed by atoms with van der Waals surface area (Å²) < 4.78 is 5.51. The van der Waals surface area contributed by atoms with Crippen LogP contribution in [0.3, 0.4) is 0 Å². The van der Waals surface area contributed by atoms with Gasteiger partial charge in [0.05, 0.1) is 36.6 Å². The van der Waals surface area contributed by atoms with E-state index in [9.17, 15) is 19.5 Å². The van der Waals surface area contributed by atoms with Crippen molar-refractivity contribution in [1.29, 1.82) is 0 Å². The molecule has 3 aliphatic heterocycles. The zero-order chi connectivity index (χ0) is 27.2. The number of pyridine rings is 1. The standard InChI is InChI=1S/C26H36N6O5/c1-16(2)29(7)22-12-18-19(20(27-22)14-28(6)25(36)37-26(3,4)5)13-32(23(18)33)30-10-8-17-9-11-31(24(34)35)21(17)15-30/h8,12,15-16H,9-11,13-14H2,1-7H3,(H,34,35). The van der Waals surface area contributed by atoms with Crippen molar-refractivity contribution in [3.63, 3.8) is 0 Å². The van der Waals surface area contributed by atoms with Gasteiger partial charge < -0.3 is 19.6 Å². The number of hydrogen-bond acceptors (Lipinski definition) is 7. The Labute approximate surface area is 217 Å². The molecule has 0 unspecified atom stereocenters. The minimum atomic E-state index is -1.01. The fraction of sp³-hybridized carbons (Fsp3) is 0.538. The molecule has 0 spiro atoms. The number of hydrazine groups is 1. The third kappa shape index (κ3) is 5.21. The number of aromatic nitrogens is 1. The molecular formula is C26H36N6O5. The van der Waals surface area contributed by atoms with Gasteiger partial charge in [0.1, 0.15) is 11.4 Å². The maximum Gasteiger partial charge on any atom is 0.411 e. The predicted molar refractivity (Wildman–Crippen MR) is 138 cm³/mol. The van der Waals surface area contributed by atoms with Gasteiger partial charge in [0.25, 0.3) is 5.91 Å². The lowest BCUT2D eigenvalue weighted by Crippen LogP contribution is -2.41. The third-order valence-corrected chi connectivity index (χ3v) is 6.76. The molecule has 11 heteroatoms. The zero-order valence-corrected chi connectivity index (χ0v) is 22.6. The fourth-order valence-corrected chi connectivity index (χ4v) is 4.53. The molecule has 0 aromatic carbocycles. The van der Waals surface area contributed by atoms with Gasteiger partial charge in [-0.25, -0.2) is 19.6 Å². The molecule has 0 atom stereocenters. The van der Waals surface area contributed by atoms with E-state index in [0.29, 0.717) is 42.3 Å². The molecule has 4 heterocycles. The van der Waals surface area contributed by atoms with Gasteiger partial charge in [0.2, 0.25) is 0 Å². The second-order valence-electron chi connectivity index (χ2n) is 10.9. The summed E-state index contributed by atoms with van der Waals surface area (Å²) in [6, 6.07) is 1.95. The van der Waals surface area contributed by atoms with Crippen LogP contribution in [0.1, 0.15) is 62.7 Å². The van der Waals surface area contributed by atoms with Gasteiger partial charge in [-0.15, -0.1) is 0 Å². The molecule has 4 rings (SSSR count). The molecule has 3 amide bonds. The fourth-order valence-electron chi connectivity index (χ4n) is 4.53. The van der Waals surface area contributed by atoms with Gasteiger partial charge >= 0.3 is 12.2 Å². The minimum Gasteiger partial charge on any atom is -0.465 e. The van der Waals surface area contributed by atoms with Crippen molar-refractivity contribution in [1.82, 2.24) is 24.8 Å². The molecule has 1 N–H and O–H groups in total. The predicted octanol–water partition coefficient (Wildman–Crippen LogP) is 3.63. The molecule has 0 aliphatic carbocycles. The first kappa shape index (κ1) is 26.3. The summed E-state index contributed by atoms with van der Waals surface area (Å²) in [5.41, 5.74) is 2.84. The van der Waals surface area contributed by atoms with Crippen molar-refractivity contribution in [3.05, 3.63) is 46.4 Å². The monoisotopic (exact) mass is 512 g/mol. The molecule has 1 saturated heterocycles. The first-order valence-corrected chi connectivity index (χ1v) is 12.5. The van der Waals surface area contributed by atoms with Crippen LogP contribution in [0.5, 0.6) is 0 Å². The van der Waals surface area contributed by atoms with E-state index in [0.717, 1.165) is 11.1 Å². The summed E-state index contributed by atoms with van der Waals surface area (Å²) in [4.78, 5) is 47.6. The Balaban J connectivity index is 1.66. The Hall–Kier alpha value is -3.76. The normalized spacial score (nSPS) is 17.0. The van der Waals surface area contributed by atoms with E-state index in [4.69, 9.17) is 9.72 Å². The zero-order valence-electron chi connectivity index (χ0n) is 22.6. The van der Waals surface area contributed by atoms with E-state index in [1.54, 1.807) is 29.3 Å². The average molecular weight is 513 g/mol. The van der Waals surface area contributed by atoms with E-state index >= 15 is 0 Å². The van der Waals surface area contributed by atoms with Crippen molar-refractivity contribution >= 4 is 23.9 Å². The van der Waals surface area contributed by atoms with Crippen LogP contribution in [0.4, 0.5) is 15.4 Å². The highest BCUT2D eigenvalue weighted by Crippen LogP contribution is 2.35. The highest BCUT2D eigenvalue weighted by Gasteiger charge is 2.37. The molecule has 1 aromatic rings. The van der Waals surface area contributed by atoms with Crippen molar-refractivity contribution in [2.24, 2.45) is 0 Å². The van der Waals surface area contributed by atoms with Crippen LogP contribution in [0.25, 0.3) is 0 Å². The summed E-state index contributed by atoms with van der Waals surface area (Å²) >= 11 is 0. The van der Waals surface area contributed by atoms with Crippen molar-refractivity contribution in [2.75, 3.05) is 32.1 Å². The SMILES string of the molecule is CC(C)N(C)c1cc2c(c(CN(C)C(=O)OC(C)(C)C)n1)CN(N1C=C3C(=CC1)CCN3C(=O)O)C2=O. The van der Waals surface area contributed by atoms with Crippen LogP contribution in [-0.4, -0.2) is 86.8 Å².